The third-order valence-corrected chi connectivity index (χ3v) is 4.25. The van der Waals surface area contributed by atoms with Crippen molar-refractivity contribution in [3.05, 3.63) is 41.6 Å². The Labute approximate surface area is 144 Å². The maximum absolute atomic E-state index is 12.1. The fourth-order valence-corrected chi connectivity index (χ4v) is 3.06. The Balaban J connectivity index is 2.18. The minimum atomic E-state index is -1.23. The molecule has 0 fully saturated rings. The molecule has 1 amide bonds. The molecule has 25 heavy (non-hydrogen) atoms. The van der Waals surface area contributed by atoms with Gasteiger partial charge in [0.05, 0.1) is 11.3 Å². The molecule has 0 spiro atoms. The van der Waals surface area contributed by atoms with Gasteiger partial charge >= 0.3 is 6.09 Å². The maximum atomic E-state index is 12.1. The Hall–Kier alpha value is -3.11. The molecular weight excluding hydrogens is 322 g/mol. The molecule has 1 aliphatic heterocycles. The first-order valence-corrected chi connectivity index (χ1v) is 7.73. The molecule has 2 N–H and O–H groups in total. The van der Waals surface area contributed by atoms with E-state index in [1.54, 1.807) is 31.2 Å². The summed E-state index contributed by atoms with van der Waals surface area (Å²) in [5.41, 5.74) is 1.64. The molecule has 1 atom stereocenters. The molecule has 2 heterocycles. The highest BCUT2D eigenvalue weighted by molar-refractivity contribution is 5.96. The highest BCUT2D eigenvalue weighted by atomic mass is 16.5. The molecule has 1 aromatic carbocycles. The molecule has 7 heteroatoms. The number of rotatable bonds is 1. The first-order chi connectivity index (χ1) is 11.7. The van der Waals surface area contributed by atoms with Gasteiger partial charge in [0.2, 0.25) is 0 Å². The van der Waals surface area contributed by atoms with Gasteiger partial charge in [-0.15, -0.1) is 0 Å². The van der Waals surface area contributed by atoms with Crippen LogP contribution in [0.2, 0.25) is 0 Å². The van der Waals surface area contributed by atoms with Gasteiger partial charge in [-0.1, -0.05) is 6.07 Å². The SMILES string of the molecule is CC1OC(C)(C)c2cc(-c3ccc(C#N)n3C(=O)O)ccc2NC1=O. The van der Waals surface area contributed by atoms with Gasteiger partial charge in [-0.2, -0.15) is 5.26 Å². The zero-order chi connectivity index (χ0) is 18.4. The zero-order valence-electron chi connectivity index (χ0n) is 14.0. The first kappa shape index (κ1) is 16.7. The van der Waals surface area contributed by atoms with Crippen LogP contribution in [0.5, 0.6) is 0 Å². The van der Waals surface area contributed by atoms with Gasteiger partial charge in [-0.25, -0.2) is 9.36 Å². The molecule has 1 aromatic heterocycles. The minimum Gasteiger partial charge on any atom is -0.464 e. The van der Waals surface area contributed by atoms with Crippen molar-refractivity contribution in [1.82, 2.24) is 4.57 Å². The van der Waals surface area contributed by atoms with Crippen LogP contribution in [0.3, 0.4) is 0 Å². The minimum absolute atomic E-state index is 0.0369. The lowest BCUT2D eigenvalue weighted by Crippen LogP contribution is -2.30. The molecule has 128 valence electrons. The third-order valence-electron chi connectivity index (χ3n) is 4.25. The number of carboxylic acid groups (broad SMARTS) is 1. The molecule has 7 nitrogen and oxygen atoms in total. The molecule has 0 saturated heterocycles. The fourth-order valence-electron chi connectivity index (χ4n) is 3.06. The van der Waals surface area contributed by atoms with Crippen LogP contribution < -0.4 is 5.32 Å². The summed E-state index contributed by atoms with van der Waals surface area (Å²) in [5, 5.41) is 21.3. The number of fused-ring (bicyclic) bond motifs is 1. The summed E-state index contributed by atoms with van der Waals surface area (Å²) in [5.74, 6) is -0.236. The quantitative estimate of drug-likeness (QED) is 0.830. The number of amides is 1. The van der Waals surface area contributed by atoms with Crippen LogP contribution in [0.4, 0.5) is 10.5 Å². The smallest absolute Gasteiger partial charge is 0.417 e. The normalized spacial score (nSPS) is 18.6. The maximum Gasteiger partial charge on any atom is 0.417 e. The number of anilines is 1. The second-order valence-electron chi connectivity index (χ2n) is 6.35. The van der Waals surface area contributed by atoms with Crippen molar-refractivity contribution < 1.29 is 19.4 Å². The van der Waals surface area contributed by atoms with Crippen molar-refractivity contribution >= 4 is 17.7 Å². The van der Waals surface area contributed by atoms with Crippen LogP contribution in [0, 0.1) is 11.3 Å². The molecule has 1 aliphatic rings. The Kier molecular flexibility index (Phi) is 3.85. The second kappa shape index (κ2) is 5.76. The lowest BCUT2D eigenvalue weighted by Gasteiger charge is -2.27. The van der Waals surface area contributed by atoms with Crippen LogP contribution in [0.25, 0.3) is 11.3 Å². The second-order valence-corrected chi connectivity index (χ2v) is 6.35. The van der Waals surface area contributed by atoms with Crippen molar-refractivity contribution in [2.75, 3.05) is 5.32 Å². The Morgan fingerprint density at radius 2 is 2.08 bits per heavy atom. The monoisotopic (exact) mass is 339 g/mol. The summed E-state index contributed by atoms with van der Waals surface area (Å²) in [6, 6.07) is 10.1. The number of carbonyl (C=O) groups excluding carboxylic acids is 1. The Morgan fingerprint density at radius 1 is 1.36 bits per heavy atom. The highest BCUT2D eigenvalue weighted by Gasteiger charge is 2.34. The van der Waals surface area contributed by atoms with E-state index in [1.165, 1.54) is 6.07 Å². The Morgan fingerprint density at radius 3 is 2.72 bits per heavy atom. The third kappa shape index (κ3) is 2.77. The summed E-state index contributed by atoms with van der Waals surface area (Å²) in [7, 11) is 0. The van der Waals surface area contributed by atoms with E-state index < -0.39 is 17.8 Å². The van der Waals surface area contributed by atoms with Crippen molar-refractivity contribution in [3.63, 3.8) is 0 Å². The van der Waals surface area contributed by atoms with Gasteiger partial charge in [0.15, 0.2) is 0 Å². The summed E-state index contributed by atoms with van der Waals surface area (Å²) in [4.78, 5) is 23.6. The van der Waals surface area contributed by atoms with E-state index in [2.05, 4.69) is 5.32 Å². The molecule has 0 saturated carbocycles. The van der Waals surface area contributed by atoms with E-state index in [4.69, 9.17) is 10.00 Å². The van der Waals surface area contributed by atoms with Crippen LogP contribution >= 0.6 is 0 Å². The molecule has 0 radical (unpaired) electrons. The highest BCUT2D eigenvalue weighted by Crippen LogP contribution is 2.38. The topological polar surface area (TPSA) is 104 Å². The standard InChI is InChI=1S/C18H17N3O4/c1-10-16(22)20-14-6-4-11(8-13(14)18(2,3)25-10)15-7-5-12(9-19)21(15)17(23)24/h4-8,10H,1-3H3,(H,20,22)(H,23,24). The van der Waals surface area contributed by atoms with Crippen molar-refractivity contribution in [3.8, 4) is 17.3 Å². The summed E-state index contributed by atoms with van der Waals surface area (Å²) >= 11 is 0. The number of carbonyl (C=O) groups is 2. The largest absolute Gasteiger partial charge is 0.464 e. The van der Waals surface area contributed by atoms with Crippen LogP contribution in [0.1, 0.15) is 32.0 Å². The van der Waals surface area contributed by atoms with Crippen molar-refractivity contribution in [1.29, 1.82) is 5.26 Å². The number of aromatic nitrogens is 1. The molecule has 0 bridgehead atoms. The van der Waals surface area contributed by atoms with Gasteiger partial charge in [0, 0.05) is 11.3 Å². The number of ether oxygens (including phenoxy) is 1. The van der Waals surface area contributed by atoms with Gasteiger partial charge in [0.25, 0.3) is 5.91 Å². The average Bonchev–Trinajstić information content (AvgIpc) is 2.95. The van der Waals surface area contributed by atoms with Crippen molar-refractivity contribution in [2.45, 2.75) is 32.5 Å². The number of nitrogens with zero attached hydrogens (tertiary/aromatic N) is 2. The zero-order valence-corrected chi connectivity index (χ0v) is 14.0. The summed E-state index contributed by atoms with van der Waals surface area (Å²) in [6.07, 6.45) is -1.84. The summed E-state index contributed by atoms with van der Waals surface area (Å²) in [6.45, 7) is 5.38. The van der Waals surface area contributed by atoms with Gasteiger partial charge in [-0.05, 0) is 50.6 Å². The van der Waals surface area contributed by atoms with E-state index in [9.17, 15) is 14.7 Å². The lowest BCUT2D eigenvalue weighted by molar-refractivity contribution is -0.136. The number of hydrogen-bond donors (Lipinski definition) is 2. The predicted octanol–water partition coefficient (Wildman–Crippen LogP) is 3.15. The number of nitriles is 1. The van der Waals surface area contributed by atoms with Gasteiger partial charge < -0.3 is 15.2 Å². The molecule has 1 unspecified atom stereocenters. The Bertz CT molecular complexity index is 921. The number of nitrogens with one attached hydrogen (secondary N) is 1. The number of benzene rings is 1. The van der Waals surface area contributed by atoms with E-state index >= 15 is 0 Å². The van der Waals surface area contributed by atoms with Gasteiger partial charge in [0.1, 0.15) is 17.9 Å². The van der Waals surface area contributed by atoms with Crippen LogP contribution in [-0.4, -0.2) is 27.8 Å². The molecule has 3 rings (SSSR count). The van der Waals surface area contributed by atoms with Gasteiger partial charge in [-0.3, -0.25) is 4.79 Å². The average molecular weight is 339 g/mol. The lowest BCUT2D eigenvalue weighted by atomic mass is 9.93. The predicted molar refractivity (Wildman–Crippen MR) is 90.2 cm³/mol. The fraction of sp³-hybridized carbons (Fsp3) is 0.278. The molecule has 2 aromatic rings. The van der Waals surface area contributed by atoms with Crippen LogP contribution in [-0.2, 0) is 15.1 Å². The van der Waals surface area contributed by atoms with E-state index in [-0.39, 0.29) is 11.6 Å². The number of hydrogen-bond acceptors (Lipinski definition) is 4. The van der Waals surface area contributed by atoms with E-state index in [0.717, 1.165) is 10.1 Å². The molecular formula is C18H17N3O4. The van der Waals surface area contributed by atoms with Crippen molar-refractivity contribution in [2.24, 2.45) is 0 Å². The summed E-state index contributed by atoms with van der Waals surface area (Å²) < 4.78 is 6.78. The first-order valence-electron chi connectivity index (χ1n) is 7.73. The van der Waals surface area contributed by atoms with E-state index in [0.29, 0.717) is 16.9 Å². The van der Waals surface area contributed by atoms with Crippen LogP contribution in [0.15, 0.2) is 30.3 Å². The van der Waals surface area contributed by atoms with E-state index in [1.807, 2.05) is 19.9 Å². The molecule has 0 aliphatic carbocycles.